The molecule has 0 aromatic carbocycles. The zero-order valence-electron chi connectivity index (χ0n) is 14.6. The summed E-state index contributed by atoms with van der Waals surface area (Å²) in [5.41, 5.74) is 0.668. The van der Waals surface area contributed by atoms with Gasteiger partial charge in [0.25, 0.3) is 0 Å². The molecule has 0 saturated heterocycles. The largest absolute Gasteiger partial charge is 0.444 e. The number of carbonyl (C=O) groups excluding carboxylic acids is 1. The van der Waals surface area contributed by atoms with Crippen LogP contribution < -0.4 is 16.0 Å². The Balaban J connectivity index is 1.68. The topological polar surface area (TPSA) is 78.5 Å². The molecule has 7 nitrogen and oxygen atoms in total. The average molecular weight is 372 g/mol. The Labute approximate surface area is 152 Å². The first kappa shape index (κ1) is 18.9. The molecule has 1 amide bonds. The van der Waals surface area contributed by atoms with Crippen LogP contribution in [0.5, 0.6) is 0 Å². The third-order valence-electron chi connectivity index (χ3n) is 3.22. The number of rotatable bonds is 4. The highest BCUT2D eigenvalue weighted by Crippen LogP contribution is 2.27. The molecule has 0 atom stereocenters. The molecule has 3 N–H and O–H groups in total. The number of thiocarbonyl (C=S) groups is 1. The molecule has 0 saturated carbocycles. The maximum absolute atomic E-state index is 11.5. The van der Waals surface area contributed by atoms with E-state index in [0.29, 0.717) is 18.2 Å². The Hall–Kier alpha value is -1.45. The lowest BCUT2D eigenvalue weighted by Crippen LogP contribution is -2.39. The van der Waals surface area contributed by atoms with Crippen LogP contribution in [0.15, 0.2) is 0 Å². The van der Waals surface area contributed by atoms with Crippen molar-refractivity contribution in [3.05, 3.63) is 10.6 Å². The standard InChI is InChI=1S/C15H25N5O2S2/c1-15(2,3)22-14(21)17-7-6-16-12(23)19-13-18-10-5-8-20(4)9-11(10)24-13/h5-9H2,1-4H3,(H,17,21)(H2,16,18,19,23). The van der Waals surface area contributed by atoms with Crippen LogP contribution in [0.25, 0.3) is 0 Å². The normalized spacial score (nSPS) is 14.7. The number of nitrogens with one attached hydrogen (secondary N) is 3. The summed E-state index contributed by atoms with van der Waals surface area (Å²) in [5, 5.41) is 10.1. The van der Waals surface area contributed by atoms with Crippen LogP contribution in [-0.2, 0) is 17.7 Å². The minimum absolute atomic E-state index is 0.426. The number of carbonyl (C=O) groups is 1. The van der Waals surface area contributed by atoms with Crippen molar-refractivity contribution in [3.8, 4) is 0 Å². The third-order valence-corrected chi connectivity index (χ3v) is 4.47. The molecular weight excluding hydrogens is 346 g/mol. The van der Waals surface area contributed by atoms with Gasteiger partial charge in [0.1, 0.15) is 5.60 Å². The van der Waals surface area contributed by atoms with E-state index in [1.807, 2.05) is 20.8 Å². The van der Waals surface area contributed by atoms with Crippen LogP contribution in [-0.4, -0.2) is 53.4 Å². The number of nitrogens with zero attached hydrogens (tertiary/aromatic N) is 2. The molecule has 2 heterocycles. The molecule has 24 heavy (non-hydrogen) atoms. The highest BCUT2D eigenvalue weighted by molar-refractivity contribution is 7.80. The molecule has 1 aliphatic rings. The predicted molar refractivity (Wildman–Crippen MR) is 101 cm³/mol. The fourth-order valence-electron chi connectivity index (χ4n) is 2.17. The zero-order chi connectivity index (χ0) is 17.7. The molecule has 0 spiro atoms. The van der Waals surface area contributed by atoms with Crippen molar-refractivity contribution in [2.45, 2.75) is 39.3 Å². The molecular formula is C15H25N5O2S2. The fourth-order valence-corrected chi connectivity index (χ4v) is 3.53. The van der Waals surface area contributed by atoms with Crippen molar-refractivity contribution in [1.29, 1.82) is 0 Å². The van der Waals surface area contributed by atoms with E-state index in [1.165, 1.54) is 4.88 Å². The van der Waals surface area contributed by atoms with Gasteiger partial charge in [-0.15, -0.1) is 11.3 Å². The Bertz CT molecular complexity index is 597. The molecule has 0 radical (unpaired) electrons. The number of ether oxygens (including phenoxy) is 1. The SMILES string of the molecule is CN1CCc2nc(NC(=S)NCCNC(=O)OC(C)(C)C)sc2C1. The maximum atomic E-state index is 11.5. The maximum Gasteiger partial charge on any atom is 0.407 e. The van der Waals surface area contributed by atoms with Gasteiger partial charge in [-0.05, 0) is 40.0 Å². The molecule has 1 aromatic rings. The molecule has 1 aliphatic heterocycles. The number of thiazole rings is 1. The summed E-state index contributed by atoms with van der Waals surface area (Å²) < 4.78 is 5.16. The number of aromatic nitrogens is 1. The van der Waals surface area contributed by atoms with Crippen LogP contribution in [0.2, 0.25) is 0 Å². The number of anilines is 1. The van der Waals surface area contributed by atoms with Gasteiger partial charge in [-0.1, -0.05) is 0 Å². The molecule has 134 valence electrons. The first-order chi connectivity index (χ1) is 11.2. The Kier molecular flexibility index (Phi) is 6.36. The van der Waals surface area contributed by atoms with Crippen LogP contribution in [0.1, 0.15) is 31.3 Å². The monoisotopic (exact) mass is 371 g/mol. The zero-order valence-corrected chi connectivity index (χ0v) is 16.2. The van der Waals surface area contributed by atoms with Gasteiger partial charge in [-0.3, -0.25) is 0 Å². The molecule has 0 unspecified atom stereocenters. The van der Waals surface area contributed by atoms with Crippen LogP contribution in [0, 0.1) is 0 Å². The highest BCUT2D eigenvalue weighted by Gasteiger charge is 2.18. The van der Waals surface area contributed by atoms with E-state index in [-0.39, 0.29) is 0 Å². The van der Waals surface area contributed by atoms with Crippen molar-refractivity contribution < 1.29 is 9.53 Å². The molecule has 2 rings (SSSR count). The predicted octanol–water partition coefficient (Wildman–Crippen LogP) is 1.94. The Morgan fingerprint density at radius 3 is 2.79 bits per heavy atom. The first-order valence-electron chi connectivity index (χ1n) is 7.92. The van der Waals surface area contributed by atoms with E-state index >= 15 is 0 Å². The van der Waals surface area contributed by atoms with Crippen LogP contribution >= 0.6 is 23.6 Å². The number of fused-ring (bicyclic) bond motifs is 1. The van der Waals surface area contributed by atoms with Gasteiger partial charge in [0.05, 0.1) is 5.69 Å². The Morgan fingerprint density at radius 2 is 2.08 bits per heavy atom. The van der Waals surface area contributed by atoms with E-state index in [1.54, 1.807) is 11.3 Å². The lowest BCUT2D eigenvalue weighted by Gasteiger charge is -2.20. The number of hydrogen-bond acceptors (Lipinski definition) is 6. The molecule has 9 heteroatoms. The van der Waals surface area contributed by atoms with Gasteiger partial charge in [-0.2, -0.15) is 0 Å². The number of amides is 1. The summed E-state index contributed by atoms with van der Waals surface area (Å²) in [6, 6.07) is 0. The van der Waals surface area contributed by atoms with Crippen molar-refractivity contribution in [1.82, 2.24) is 20.5 Å². The molecule has 0 fully saturated rings. The second kappa shape index (κ2) is 8.09. The third kappa shape index (κ3) is 6.21. The summed E-state index contributed by atoms with van der Waals surface area (Å²) in [7, 11) is 2.11. The van der Waals surface area contributed by atoms with Crippen LogP contribution in [0.4, 0.5) is 9.93 Å². The Morgan fingerprint density at radius 1 is 1.38 bits per heavy atom. The van der Waals surface area contributed by atoms with E-state index < -0.39 is 11.7 Å². The highest BCUT2D eigenvalue weighted by atomic mass is 32.1. The fraction of sp³-hybridized carbons (Fsp3) is 0.667. The van der Waals surface area contributed by atoms with Crippen molar-refractivity contribution >= 4 is 39.9 Å². The number of hydrogen-bond donors (Lipinski definition) is 3. The minimum atomic E-state index is -0.494. The molecule has 1 aromatic heterocycles. The summed E-state index contributed by atoms with van der Waals surface area (Å²) in [6.07, 6.45) is 0.546. The number of likely N-dealkylation sites (N-methyl/N-ethyl adjacent to an activating group) is 1. The second-order valence-electron chi connectivity index (χ2n) is 6.69. The average Bonchev–Trinajstić information content (AvgIpc) is 2.83. The first-order valence-corrected chi connectivity index (χ1v) is 9.14. The van der Waals surface area contributed by atoms with E-state index in [9.17, 15) is 4.79 Å². The van der Waals surface area contributed by atoms with Gasteiger partial charge in [-0.25, -0.2) is 9.78 Å². The quantitative estimate of drug-likeness (QED) is 0.551. The summed E-state index contributed by atoms with van der Waals surface area (Å²) in [5.74, 6) is 0. The minimum Gasteiger partial charge on any atom is -0.444 e. The van der Waals surface area contributed by atoms with Crippen molar-refractivity contribution in [3.63, 3.8) is 0 Å². The van der Waals surface area contributed by atoms with E-state index in [2.05, 4.69) is 32.9 Å². The van der Waals surface area contributed by atoms with E-state index in [4.69, 9.17) is 17.0 Å². The van der Waals surface area contributed by atoms with Crippen molar-refractivity contribution in [2.24, 2.45) is 0 Å². The van der Waals surface area contributed by atoms with Crippen LogP contribution in [0.3, 0.4) is 0 Å². The second-order valence-corrected chi connectivity index (χ2v) is 8.18. The van der Waals surface area contributed by atoms with Gasteiger partial charge < -0.3 is 25.6 Å². The van der Waals surface area contributed by atoms with Gasteiger partial charge >= 0.3 is 6.09 Å². The van der Waals surface area contributed by atoms with E-state index in [0.717, 1.165) is 30.3 Å². The van der Waals surface area contributed by atoms with Crippen molar-refractivity contribution in [2.75, 3.05) is 32.0 Å². The lowest BCUT2D eigenvalue weighted by molar-refractivity contribution is 0.0529. The number of alkyl carbamates (subject to hydrolysis) is 1. The van der Waals surface area contributed by atoms with Gasteiger partial charge in [0, 0.05) is 37.5 Å². The van der Waals surface area contributed by atoms with Gasteiger partial charge in [0.2, 0.25) is 0 Å². The summed E-state index contributed by atoms with van der Waals surface area (Å²) in [6.45, 7) is 8.40. The lowest BCUT2D eigenvalue weighted by atomic mass is 10.2. The molecule has 0 bridgehead atoms. The molecule has 0 aliphatic carbocycles. The van der Waals surface area contributed by atoms with Gasteiger partial charge in [0.15, 0.2) is 10.2 Å². The smallest absolute Gasteiger partial charge is 0.407 e. The summed E-state index contributed by atoms with van der Waals surface area (Å²) in [4.78, 5) is 19.7. The summed E-state index contributed by atoms with van der Waals surface area (Å²) >= 11 is 6.89.